The summed E-state index contributed by atoms with van der Waals surface area (Å²) in [6.07, 6.45) is 12.5. The topological polar surface area (TPSA) is 102 Å². The average Bonchev–Trinajstić information content (AvgIpc) is 3.56. The molecule has 3 N–H and O–H groups in total. The van der Waals surface area contributed by atoms with Gasteiger partial charge in [-0.25, -0.2) is 0 Å². The molecule has 4 aliphatic carbocycles. The number of ketones is 2. The summed E-state index contributed by atoms with van der Waals surface area (Å²) in [4.78, 5) is 42.6. The second kappa shape index (κ2) is 12.0. The van der Waals surface area contributed by atoms with Gasteiger partial charge < -0.3 is 15.5 Å². The van der Waals surface area contributed by atoms with Gasteiger partial charge in [-0.2, -0.15) is 0 Å². The number of nitrogens with two attached hydrogens (primary N) is 1. The third-order valence-corrected chi connectivity index (χ3v) is 13.4. The Bertz CT molecular complexity index is 1400. The lowest BCUT2D eigenvalue weighted by atomic mass is 9.44. The Morgan fingerprint density at radius 3 is 2.45 bits per heavy atom. The molecule has 0 spiro atoms. The van der Waals surface area contributed by atoms with Crippen LogP contribution in [0.1, 0.15) is 104 Å². The normalized spacial score (nSPS) is 36.2. The number of aromatic nitrogens is 1. The lowest BCUT2D eigenvalue weighted by Crippen LogP contribution is -2.54. The van der Waals surface area contributed by atoms with Crippen LogP contribution in [-0.2, 0) is 25.5 Å². The second-order valence-electron chi connectivity index (χ2n) is 16.0. The largest absolute Gasteiger partial charge is 0.462 e. The van der Waals surface area contributed by atoms with Crippen LogP contribution in [-0.4, -0.2) is 34.7 Å². The van der Waals surface area contributed by atoms with Crippen LogP contribution in [0, 0.1) is 52.3 Å². The second-order valence-corrected chi connectivity index (χ2v) is 16.0. The molecule has 4 fully saturated rings. The summed E-state index contributed by atoms with van der Waals surface area (Å²) >= 11 is 0. The molecule has 0 bridgehead atoms. The lowest BCUT2D eigenvalue weighted by molar-refractivity contribution is -0.169. The molecule has 1 heterocycles. The van der Waals surface area contributed by atoms with E-state index in [0.717, 1.165) is 48.1 Å². The molecule has 0 unspecified atom stereocenters. The highest BCUT2D eigenvalue weighted by molar-refractivity contribution is 5.90. The molecule has 1 aromatic carbocycles. The van der Waals surface area contributed by atoms with E-state index in [1.165, 1.54) is 32.1 Å². The van der Waals surface area contributed by atoms with Gasteiger partial charge in [0.05, 0.1) is 12.0 Å². The van der Waals surface area contributed by atoms with Gasteiger partial charge in [0.2, 0.25) is 0 Å². The first-order valence-corrected chi connectivity index (χ1v) is 17.5. The number of benzene rings is 1. The Kier molecular flexibility index (Phi) is 8.62. The fourth-order valence-corrected chi connectivity index (χ4v) is 10.9. The smallest absolute Gasteiger partial charge is 0.309 e. The van der Waals surface area contributed by atoms with E-state index < -0.39 is 12.0 Å². The number of Topliss-reactive ketones (excluding diaryl/α,β-unsaturated/α-hetero) is 2. The first-order chi connectivity index (χ1) is 20.9. The molecule has 4 saturated carbocycles. The van der Waals surface area contributed by atoms with Crippen LogP contribution in [0.2, 0.25) is 0 Å². The third kappa shape index (κ3) is 5.48. The molecular formula is C38H54N2O4. The quantitative estimate of drug-likeness (QED) is 0.291. The van der Waals surface area contributed by atoms with E-state index in [-0.39, 0.29) is 46.9 Å². The summed E-state index contributed by atoms with van der Waals surface area (Å²) in [6, 6.07) is 7.37. The fraction of sp³-hybridized carbons (Fsp3) is 0.711. The van der Waals surface area contributed by atoms with E-state index in [2.05, 4.69) is 18.8 Å². The Balaban J connectivity index is 1.06. The number of para-hydroxylation sites is 1. The van der Waals surface area contributed by atoms with Crippen molar-refractivity contribution in [3.8, 4) is 0 Å². The predicted octanol–water partition coefficient (Wildman–Crippen LogP) is 7.43. The van der Waals surface area contributed by atoms with Gasteiger partial charge in [-0.05, 0) is 123 Å². The first kappa shape index (κ1) is 31.5. The van der Waals surface area contributed by atoms with Crippen molar-refractivity contribution in [1.82, 2.24) is 4.98 Å². The maximum absolute atomic E-state index is 13.6. The minimum atomic E-state index is -0.656. The summed E-state index contributed by atoms with van der Waals surface area (Å²) < 4.78 is 6.24. The molecule has 44 heavy (non-hydrogen) atoms. The van der Waals surface area contributed by atoms with E-state index in [1.54, 1.807) is 0 Å². The van der Waals surface area contributed by atoms with E-state index >= 15 is 0 Å². The first-order valence-electron chi connectivity index (χ1n) is 17.5. The summed E-state index contributed by atoms with van der Waals surface area (Å²) in [7, 11) is 0. The number of fused-ring (bicyclic) bond motifs is 6. The van der Waals surface area contributed by atoms with Crippen molar-refractivity contribution in [2.45, 2.75) is 117 Å². The highest BCUT2D eigenvalue weighted by Crippen LogP contribution is 2.67. The van der Waals surface area contributed by atoms with Crippen LogP contribution in [0.5, 0.6) is 0 Å². The fourth-order valence-electron chi connectivity index (χ4n) is 10.9. The Hall–Kier alpha value is -2.47. The van der Waals surface area contributed by atoms with Crippen LogP contribution in [0.15, 0.2) is 30.5 Å². The average molecular weight is 603 g/mol. The van der Waals surface area contributed by atoms with Gasteiger partial charge in [0.1, 0.15) is 11.9 Å². The molecule has 0 aliphatic heterocycles. The standard InChI is InChI=1S/C38H54N2O4/c1-22(2)29(20-35(42)33(39)18-24-21-40-34-9-7-6-8-27(24)34)36(43)44-26-14-16-37(4)25(19-26)10-11-28-31-13-12-30(23(3)41)38(31,5)17-15-32(28)37/h6-9,21-22,25-26,28-33,40H,10-20,39H2,1-5H3/t25-,26+,28-,29-,30+,31-,32-,33-,37-,38+/m0/s1. The zero-order valence-corrected chi connectivity index (χ0v) is 27.6. The number of esters is 1. The third-order valence-electron chi connectivity index (χ3n) is 13.4. The maximum atomic E-state index is 13.6. The number of hydrogen-bond donors (Lipinski definition) is 2. The number of aromatic amines is 1. The molecule has 0 amide bonds. The van der Waals surface area contributed by atoms with Crippen molar-refractivity contribution < 1.29 is 19.1 Å². The van der Waals surface area contributed by atoms with Crippen LogP contribution in [0.4, 0.5) is 0 Å². The number of rotatable bonds is 9. The number of carbonyl (C=O) groups excluding carboxylic acids is 3. The molecule has 6 rings (SSSR count). The predicted molar refractivity (Wildman–Crippen MR) is 174 cm³/mol. The van der Waals surface area contributed by atoms with Crippen LogP contribution in [0.3, 0.4) is 0 Å². The minimum absolute atomic E-state index is 0.00202. The highest BCUT2D eigenvalue weighted by atomic mass is 16.5. The number of nitrogens with one attached hydrogen (secondary N) is 1. The summed E-state index contributed by atoms with van der Waals surface area (Å²) in [6.45, 7) is 10.8. The molecule has 1 aromatic heterocycles. The molecule has 240 valence electrons. The van der Waals surface area contributed by atoms with Crippen molar-refractivity contribution in [3.63, 3.8) is 0 Å². The monoisotopic (exact) mass is 602 g/mol. The van der Waals surface area contributed by atoms with Gasteiger partial charge in [0.25, 0.3) is 0 Å². The van der Waals surface area contributed by atoms with Gasteiger partial charge in [-0.1, -0.05) is 45.9 Å². The van der Waals surface area contributed by atoms with Gasteiger partial charge in [0.15, 0.2) is 5.78 Å². The van der Waals surface area contributed by atoms with Gasteiger partial charge in [0, 0.05) is 29.4 Å². The van der Waals surface area contributed by atoms with Crippen molar-refractivity contribution in [3.05, 3.63) is 36.0 Å². The summed E-state index contributed by atoms with van der Waals surface area (Å²) in [5.41, 5.74) is 8.93. The highest BCUT2D eigenvalue weighted by Gasteiger charge is 2.61. The van der Waals surface area contributed by atoms with Crippen molar-refractivity contribution in [1.29, 1.82) is 0 Å². The molecule has 2 aromatic rings. The molecule has 10 atom stereocenters. The zero-order valence-electron chi connectivity index (χ0n) is 27.6. The van der Waals surface area contributed by atoms with E-state index in [9.17, 15) is 14.4 Å². The summed E-state index contributed by atoms with van der Waals surface area (Å²) in [5.74, 6) is 2.53. The molecule has 4 aliphatic rings. The van der Waals surface area contributed by atoms with E-state index in [0.29, 0.717) is 30.0 Å². The molecular weight excluding hydrogens is 548 g/mol. The lowest BCUT2D eigenvalue weighted by Gasteiger charge is -2.61. The van der Waals surface area contributed by atoms with Gasteiger partial charge in [-0.3, -0.25) is 14.4 Å². The molecule has 6 nitrogen and oxygen atoms in total. The molecule has 0 radical (unpaired) electrons. The summed E-state index contributed by atoms with van der Waals surface area (Å²) in [5, 5.41) is 1.08. The van der Waals surface area contributed by atoms with Gasteiger partial charge in [-0.15, -0.1) is 0 Å². The minimum Gasteiger partial charge on any atom is -0.462 e. The maximum Gasteiger partial charge on any atom is 0.309 e. The van der Waals surface area contributed by atoms with Crippen LogP contribution < -0.4 is 5.73 Å². The molecule has 6 heteroatoms. The van der Waals surface area contributed by atoms with Crippen LogP contribution >= 0.6 is 0 Å². The van der Waals surface area contributed by atoms with Crippen molar-refractivity contribution >= 4 is 28.4 Å². The zero-order chi connectivity index (χ0) is 31.4. The Morgan fingerprint density at radius 2 is 1.70 bits per heavy atom. The number of hydrogen-bond acceptors (Lipinski definition) is 5. The Morgan fingerprint density at radius 1 is 0.977 bits per heavy atom. The van der Waals surface area contributed by atoms with Crippen molar-refractivity contribution in [2.75, 3.05) is 0 Å². The van der Waals surface area contributed by atoms with Crippen molar-refractivity contribution in [2.24, 2.45) is 58.0 Å². The number of carbonyl (C=O) groups is 3. The number of ether oxygens (including phenoxy) is 1. The van der Waals surface area contributed by atoms with E-state index in [1.807, 2.05) is 51.2 Å². The van der Waals surface area contributed by atoms with Crippen LogP contribution in [0.25, 0.3) is 10.9 Å². The SMILES string of the molecule is CC(=O)[C@H]1CC[C@H]2[C@@H]3CC[C@H]4C[C@H](OC(=O)[C@@H](CC(=O)[C@@H](N)Cc5c[nH]c6ccccc56)C(C)C)CC[C@]4(C)[C@H]3CC[C@]12C. The molecule has 0 saturated heterocycles. The van der Waals surface area contributed by atoms with E-state index in [4.69, 9.17) is 10.5 Å². The number of H-pyrrole nitrogens is 1. The Labute approximate surface area is 263 Å². The van der Waals surface area contributed by atoms with Gasteiger partial charge >= 0.3 is 5.97 Å².